The summed E-state index contributed by atoms with van der Waals surface area (Å²) in [5.41, 5.74) is -0.704. The van der Waals surface area contributed by atoms with Gasteiger partial charge in [0.1, 0.15) is 0 Å². The maximum absolute atomic E-state index is 10.8. The van der Waals surface area contributed by atoms with Crippen LogP contribution in [0.2, 0.25) is 0 Å². The Morgan fingerprint density at radius 1 is 1.55 bits per heavy atom. The number of aromatic nitrogens is 2. The highest BCUT2D eigenvalue weighted by Gasteiger charge is 1.89. The third-order valence-corrected chi connectivity index (χ3v) is 1.24. The molecule has 0 atom stereocenters. The van der Waals surface area contributed by atoms with Crippen molar-refractivity contribution in [3.63, 3.8) is 0 Å². The molecule has 0 saturated carbocycles. The number of halogens is 1. The van der Waals surface area contributed by atoms with E-state index in [1.165, 1.54) is 16.8 Å². The Morgan fingerprint density at radius 2 is 2.18 bits per heavy atom. The molecule has 0 spiro atoms. The SMILES string of the molecule is CCn1ccc(=O)[nH]c1=O.Cl. The zero-order valence-corrected chi connectivity index (χ0v) is 6.85. The first-order valence-electron chi connectivity index (χ1n) is 3.04. The molecule has 0 unspecified atom stereocenters. The van der Waals surface area contributed by atoms with Gasteiger partial charge in [-0.25, -0.2) is 4.79 Å². The average Bonchev–Trinajstić information content (AvgIpc) is 1.88. The highest BCUT2D eigenvalue weighted by atomic mass is 35.5. The molecule has 0 aliphatic carbocycles. The molecule has 0 bridgehead atoms. The standard InChI is InChI=1S/C6H8N2O2.ClH/c1-2-8-4-3-5(9)7-6(8)10;/h3-4H,2H2,1H3,(H,7,9,10);1H. The summed E-state index contributed by atoms with van der Waals surface area (Å²) >= 11 is 0. The van der Waals surface area contributed by atoms with E-state index < -0.39 is 0 Å². The van der Waals surface area contributed by atoms with Gasteiger partial charge in [-0.15, -0.1) is 12.4 Å². The van der Waals surface area contributed by atoms with Crippen molar-refractivity contribution in [3.8, 4) is 0 Å². The molecule has 11 heavy (non-hydrogen) atoms. The monoisotopic (exact) mass is 176 g/mol. The Morgan fingerprint density at radius 3 is 2.64 bits per heavy atom. The molecule has 0 aromatic carbocycles. The summed E-state index contributed by atoms with van der Waals surface area (Å²) in [5, 5.41) is 0. The van der Waals surface area contributed by atoms with Gasteiger partial charge < -0.3 is 4.57 Å². The molecule has 4 nitrogen and oxygen atoms in total. The van der Waals surface area contributed by atoms with Crippen molar-refractivity contribution >= 4 is 12.4 Å². The average molecular weight is 177 g/mol. The normalized spacial score (nSPS) is 8.82. The third kappa shape index (κ3) is 2.23. The number of aryl methyl sites for hydroxylation is 1. The molecule has 0 radical (unpaired) electrons. The van der Waals surface area contributed by atoms with E-state index in [1.54, 1.807) is 0 Å². The van der Waals surface area contributed by atoms with Gasteiger partial charge >= 0.3 is 5.69 Å². The number of hydrogen-bond donors (Lipinski definition) is 1. The smallest absolute Gasteiger partial charge is 0.301 e. The Balaban J connectivity index is 0.000001000. The van der Waals surface area contributed by atoms with E-state index in [4.69, 9.17) is 0 Å². The van der Waals surface area contributed by atoms with Gasteiger partial charge in [-0.3, -0.25) is 9.78 Å². The fourth-order valence-corrected chi connectivity index (χ4v) is 0.693. The fraction of sp³-hybridized carbons (Fsp3) is 0.333. The molecule has 5 heteroatoms. The summed E-state index contributed by atoms with van der Waals surface area (Å²) in [6.07, 6.45) is 1.47. The highest BCUT2D eigenvalue weighted by Crippen LogP contribution is 1.71. The Hall–Kier alpha value is -1.03. The predicted octanol–water partition coefficient (Wildman–Crippen LogP) is -0.0217. The van der Waals surface area contributed by atoms with E-state index in [2.05, 4.69) is 4.98 Å². The van der Waals surface area contributed by atoms with Crippen molar-refractivity contribution in [2.45, 2.75) is 13.5 Å². The fourth-order valence-electron chi connectivity index (χ4n) is 0.693. The lowest BCUT2D eigenvalue weighted by Crippen LogP contribution is -2.27. The Kier molecular flexibility index (Phi) is 3.60. The summed E-state index contributed by atoms with van der Waals surface area (Å²) in [4.78, 5) is 23.4. The van der Waals surface area contributed by atoms with Gasteiger partial charge in [-0.05, 0) is 6.92 Å². The van der Waals surface area contributed by atoms with Crippen LogP contribution < -0.4 is 11.2 Å². The quantitative estimate of drug-likeness (QED) is 0.654. The Bertz CT molecular complexity index is 328. The minimum atomic E-state index is -0.352. The van der Waals surface area contributed by atoms with Crippen molar-refractivity contribution in [1.29, 1.82) is 0 Å². The molecule has 1 aromatic rings. The summed E-state index contributed by atoms with van der Waals surface area (Å²) < 4.78 is 1.42. The molecule has 1 rings (SSSR count). The first kappa shape index (κ1) is 9.97. The van der Waals surface area contributed by atoms with Crippen molar-refractivity contribution in [1.82, 2.24) is 9.55 Å². The van der Waals surface area contributed by atoms with Crippen LogP contribution in [-0.4, -0.2) is 9.55 Å². The van der Waals surface area contributed by atoms with Crippen LogP contribution in [0.15, 0.2) is 21.9 Å². The van der Waals surface area contributed by atoms with Crippen LogP contribution in [0.5, 0.6) is 0 Å². The minimum absolute atomic E-state index is 0. The third-order valence-electron chi connectivity index (χ3n) is 1.24. The molecule has 1 N–H and O–H groups in total. The summed E-state index contributed by atoms with van der Waals surface area (Å²) in [6.45, 7) is 2.41. The van der Waals surface area contributed by atoms with E-state index in [0.29, 0.717) is 6.54 Å². The number of rotatable bonds is 1. The van der Waals surface area contributed by atoms with E-state index in [0.717, 1.165) is 0 Å². The van der Waals surface area contributed by atoms with Crippen LogP contribution in [-0.2, 0) is 6.54 Å². The summed E-state index contributed by atoms with van der Waals surface area (Å²) in [5.74, 6) is 0. The van der Waals surface area contributed by atoms with E-state index >= 15 is 0 Å². The number of nitrogens with one attached hydrogen (secondary N) is 1. The number of aromatic amines is 1. The topological polar surface area (TPSA) is 54.9 Å². The van der Waals surface area contributed by atoms with Gasteiger partial charge in [0.15, 0.2) is 0 Å². The van der Waals surface area contributed by atoms with Gasteiger partial charge in [-0.1, -0.05) is 0 Å². The zero-order valence-electron chi connectivity index (χ0n) is 6.03. The number of hydrogen-bond acceptors (Lipinski definition) is 2. The molecule has 62 valence electrons. The van der Waals surface area contributed by atoms with Crippen LogP contribution >= 0.6 is 12.4 Å². The molecule has 1 heterocycles. The summed E-state index contributed by atoms with van der Waals surface area (Å²) in [7, 11) is 0. The van der Waals surface area contributed by atoms with Crippen molar-refractivity contribution in [2.24, 2.45) is 0 Å². The van der Waals surface area contributed by atoms with Gasteiger partial charge in [0, 0.05) is 18.8 Å². The van der Waals surface area contributed by atoms with Gasteiger partial charge in [0.05, 0.1) is 0 Å². The lowest BCUT2D eigenvalue weighted by Gasteiger charge is -1.95. The molecule has 0 aliphatic heterocycles. The van der Waals surface area contributed by atoms with Crippen molar-refractivity contribution in [2.75, 3.05) is 0 Å². The molecule has 0 fully saturated rings. The van der Waals surface area contributed by atoms with Crippen molar-refractivity contribution < 1.29 is 0 Å². The highest BCUT2D eigenvalue weighted by molar-refractivity contribution is 5.85. The van der Waals surface area contributed by atoms with Crippen LogP contribution in [0.4, 0.5) is 0 Å². The maximum Gasteiger partial charge on any atom is 0.328 e. The predicted molar refractivity (Wildman–Crippen MR) is 44.2 cm³/mol. The van der Waals surface area contributed by atoms with Gasteiger partial charge in [-0.2, -0.15) is 0 Å². The van der Waals surface area contributed by atoms with Crippen molar-refractivity contribution in [3.05, 3.63) is 33.1 Å². The molecular formula is C6H9ClN2O2. The molecule has 0 amide bonds. The van der Waals surface area contributed by atoms with Crippen LogP contribution in [0.1, 0.15) is 6.92 Å². The van der Waals surface area contributed by atoms with Gasteiger partial charge in [0.25, 0.3) is 5.56 Å². The first-order chi connectivity index (χ1) is 4.74. The summed E-state index contributed by atoms with van der Waals surface area (Å²) in [6, 6.07) is 1.32. The van der Waals surface area contributed by atoms with E-state index in [9.17, 15) is 9.59 Å². The van der Waals surface area contributed by atoms with E-state index in [1.807, 2.05) is 6.92 Å². The molecule has 0 saturated heterocycles. The lowest BCUT2D eigenvalue weighted by atomic mass is 10.6. The van der Waals surface area contributed by atoms with Crippen LogP contribution in [0.3, 0.4) is 0 Å². The second-order valence-corrected chi connectivity index (χ2v) is 1.90. The number of nitrogens with zero attached hydrogens (tertiary/aromatic N) is 1. The molecular weight excluding hydrogens is 168 g/mol. The van der Waals surface area contributed by atoms with Crippen LogP contribution in [0, 0.1) is 0 Å². The Labute approximate surface area is 69.3 Å². The second-order valence-electron chi connectivity index (χ2n) is 1.90. The van der Waals surface area contributed by atoms with E-state index in [-0.39, 0.29) is 23.7 Å². The lowest BCUT2D eigenvalue weighted by molar-refractivity contribution is 0.693. The zero-order chi connectivity index (χ0) is 7.56. The largest absolute Gasteiger partial charge is 0.328 e. The maximum atomic E-state index is 10.8. The van der Waals surface area contributed by atoms with Gasteiger partial charge in [0.2, 0.25) is 0 Å². The first-order valence-corrected chi connectivity index (χ1v) is 3.04. The molecule has 1 aromatic heterocycles. The molecule has 0 aliphatic rings. The minimum Gasteiger partial charge on any atom is -0.301 e. The van der Waals surface area contributed by atoms with Crippen LogP contribution in [0.25, 0.3) is 0 Å². The second kappa shape index (κ2) is 3.98. The number of H-pyrrole nitrogens is 1.